The van der Waals surface area contributed by atoms with Gasteiger partial charge in [0.15, 0.2) is 0 Å². The Bertz CT molecular complexity index is 859. The van der Waals surface area contributed by atoms with E-state index in [2.05, 4.69) is 4.98 Å². The summed E-state index contributed by atoms with van der Waals surface area (Å²) in [6.45, 7) is 0.453. The highest BCUT2D eigenvalue weighted by Crippen LogP contribution is 2.30. The van der Waals surface area contributed by atoms with Gasteiger partial charge in [0.05, 0.1) is 13.3 Å². The summed E-state index contributed by atoms with van der Waals surface area (Å²) in [7, 11) is 3.38. The number of nitrogens with zero attached hydrogens (tertiary/aromatic N) is 4. The summed E-state index contributed by atoms with van der Waals surface area (Å²) in [6.07, 6.45) is 1.64. The minimum atomic E-state index is -0.409. The summed E-state index contributed by atoms with van der Waals surface area (Å²) < 4.78 is 6.81. The molecule has 0 spiro atoms. The van der Waals surface area contributed by atoms with Crippen molar-refractivity contribution in [2.75, 3.05) is 19.1 Å². The van der Waals surface area contributed by atoms with Crippen LogP contribution >= 0.6 is 0 Å². The van der Waals surface area contributed by atoms with Gasteiger partial charge in [-0.2, -0.15) is 9.38 Å². The number of hydrogen-bond donors (Lipinski definition) is 0. The standard InChI is InChI=1S/C16H16N4O3/c1-18(11-12-7-3-4-8-13(12)23-2)15-16(20(21)22)19-10-6-5-9-14(19)17-15/h3-10H,11H2,1-2H3. The lowest BCUT2D eigenvalue weighted by Crippen LogP contribution is -2.18. The molecule has 0 N–H and O–H groups in total. The third kappa shape index (κ3) is 2.68. The number of hydrogen-bond acceptors (Lipinski definition) is 5. The summed E-state index contributed by atoms with van der Waals surface area (Å²) >= 11 is 0. The highest BCUT2D eigenvalue weighted by Gasteiger charge is 2.25. The summed E-state index contributed by atoms with van der Waals surface area (Å²) in [4.78, 5) is 17.2. The molecule has 0 radical (unpaired) electrons. The van der Waals surface area contributed by atoms with Crippen LogP contribution in [0, 0.1) is 10.1 Å². The number of imidazole rings is 1. The smallest absolute Gasteiger partial charge is 0.372 e. The highest BCUT2D eigenvalue weighted by atomic mass is 16.6. The summed E-state index contributed by atoms with van der Waals surface area (Å²) in [5.74, 6) is 1.02. The van der Waals surface area contributed by atoms with Crippen molar-refractivity contribution in [1.82, 2.24) is 9.38 Å². The number of anilines is 1. The first kappa shape index (κ1) is 14.8. The van der Waals surface area contributed by atoms with Crippen LogP contribution in [-0.4, -0.2) is 28.5 Å². The predicted molar refractivity (Wildman–Crippen MR) is 86.9 cm³/mol. The Kier molecular flexibility index (Phi) is 3.84. The highest BCUT2D eigenvalue weighted by molar-refractivity contribution is 5.63. The molecule has 7 heteroatoms. The number of fused-ring (bicyclic) bond motifs is 1. The van der Waals surface area contributed by atoms with E-state index in [1.165, 1.54) is 4.40 Å². The second-order valence-electron chi connectivity index (χ2n) is 5.11. The molecule has 23 heavy (non-hydrogen) atoms. The molecule has 0 aliphatic carbocycles. The minimum absolute atomic E-state index is 0.0435. The Morgan fingerprint density at radius 2 is 2.00 bits per heavy atom. The van der Waals surface area contributed by atoms with E-state index in [0.717, 1.165) is 11.3 Å². The third-order valence-corrected chi connectivity index (χ3v) is 3.62. The maximum absolute atomic E-state index is 11.5. The van der Waals surface area contributed by atoms with Gasteiger partial charge in [0.2, 0.25) is 11.5 Å². The number of para-hydroxylation sites is 1. The number of benzene rings is 1. The Morgan fingerprint density at radius 1 is 1.26 bits per heavy atom. The van der Waals surface area contributed by atoms with Crippen LogP contribution in [0.4, 0.5) is 11.6 Å². The Balaban J connectivity index is 2.02. The first-order valence-corrected chi connectivity index (χ1v) is 7.06. The van der Waals surface area contributed by atoms with Crippen molar-refractivity contribution >= 4 is 17.3 Å². The first-order valence-electron chi connectivity index (χ1n) is 7.06. The molecule has 0 atom stereocenters. The monoisotopic (exact) mass is 312 g/mol. The summed E-state index contributed by atoms with van der Waals surface area (Å²) in [6, 6.07) is 12.9. The van der Waals surface area contributed by atoms with Gasteiger partial charge in [0.1, 0.15) is 5.75 Å². The average Bonchev–Trinajstić information content (AvgIpc) is 2.95. The van der Waals surface area contributed by atoms with E-state index in [9.17, 15) is 10.1 Å². The van der Waals surface area contributed by atoms with Crippen LogP contribution < -0.4 is 9.64 Å². The van der Waals surface area contributed by atoms with Gasteiger partial charge < -0.3 is 19.8 Å². The van der Waals surface area contributed by atoms with E-state index >= 15 is 0 Å². The molecule has 2 heterocycles. The molecule has 3 aromatic rings. The Hall–Kier alpha value is -3.09. The molecule has 2 aromatic heterocycles. The van der Waals surface area contributed by atoms with Crippen molar-refractivity contribution < 1.29 is 9.66 Å². The van der Waals surface area contributed by atoms with Crippen LogP contribution in [-0.2, 0) is 6.54 Å². The van der Waals surface area contributed by atoms with E-state index in [1.807, 2.05) is 24.3 Å². The van der Waals surface area contributed by atoms with Gasteiger partial charge in [-0.1, -0.05) is 24.3 Å². The van der Waals surface area contributed by atoms with Crippen LogP contribution in [0.25, 0.3) is 5.65 Å². The summed E-state index contributed by atoms with van der Waals surface area (Å²) in [5.41, 5.74) is 1.48. The quantitative estimate of drug-likeness (QED) is 0.535. The predicted octanol–water partition coefficient (Wildman–Crippen LogP) is 2.89. The molecule has 1 aromatic carbocycles. The van der Waals surface area contributed by atoms with Crippen molar-refractivity contribution in [1.29, 1.82) is 0 Å². The molecular weight excluding hydrogens is 296 g/mol. The van der Waals surface area contributed by atoms with E-state index in [0.29, 0.717) is 18.0 Å². The molecule has 0 bridgehead atoms. The second-order valence-corrected chi connectivity index (χ2v) is 5.11. The lowest BCUT2D eigenvalue weighted by molar-refractivity contribution is -0.389. The van der Waals surface area contributed by atoms with Gasteiger partial charge in [-0.15, -0.1) is 0 Å². The number of methoxy groups -OCH3 is 1. The maximum atomic E-state index is 11.5. The molecule has 0 amide bonds. The Labute approximate surface area is 132 Å². The SMILES string of the molecule is COc1ccccc1CN(C)c1nc2ccccn2c1[N+](=O)[O-]. The average molecular weight is 312 g/mol. The van der Waals surface area contributed by atoms with Gasteiger partial charge in [0, 0.05) is 25.2 Å². The van der Waals surface area contributed by atoms with Gasteiger partial charge in [-0.25, -0.2) is 0 Å². The lowest BCUT2D eigenvalue weighted by atomic mass is 10.2. The minimum Gasteiger partial charge on any atom is -0.496 e. The van der Waals surface area contributed by atoms with Crippen LogP contribution in [0.15, 0.2) is 48.7 Å². The molecule has 0 fully saturated rings. The fourth-order valence-corrected chi connectivity index (χ4v) is 2.56. The fraction of sp³-hybridized carbons (Fsp3) is 0.188. The maximum Gasteiger partial charge on any atom is 0.372 e. The zero-order valence-corrected chi connectivity index (χ0v) is 12.8. The fourth-order valence-electron chi connectivity index (χ4n) is 2.56. The molecular formula is C16H16N4O3. The lowest BCUT2D eigenvalue weighted by Gasteiger charge is -2.17. The van der Waals surface area contributed by atoms with E-state index < -0.39 is 4.92 Å². The van der Waals surface area contributed by atoms with E-state index in [-0.39, 0.29) is 5.82 Å². The number of ether oxygens (including phenoxy) is 1. The molecule has 0 saturated heterocycles. The second kappa shape index (κ2) is 5.96. The molecule has 118 valence electrons. The first-order chi connectivity index (χ1) is 11.1. The Morgan fingerprint density at radius 3 is 2.74 bits per heavy atom. The van der Waals surface area contributed by atoms with E-state index in [1.54, 1.807) is 43.5 Å². The summed E-state index contributed by atoms with van der Waals surface area (Å²) in [5, 5.41) is 11.5. The van der Waals surface area contributed by atoms with Crippen LogP contribution in [0.3, 0.4) is 0 Å². The van der Waals surface area contributed by atoms with Gasteiger partial charge in [0.25, 0.3) is 0 Å². The van der Waals surface area contributed by atoms with Crippen molar-refractivity contribution in [2.45, 2.75) is 6.54 Å². The number of rotatable bonds is 5. The van der Waals surface area contributed by atoms with Crippen LogP contribution in [0.1, 0.15) is 5.56 Å². The molecule has 0 aliphatic rings. The normalized spacial score (nSPS) is 10.7. The number of aromatic nitrogens is 2. The van der Waals surface area contributed by atoms with Crippen LogP contribution in [0.2, 0.25) is 0 Å². The van der Waals surface area contributed by atoms with Crippen molar-refractivity contribution in [2.24, 2.45) is 0 Å². The topological polar surface area (TPSA) is 72.9 Å². The van der Waals surface area contributed by atoms with Crippen molar-refractivity contribution in [3.05, 3.63) is 64.3 Å². The third-order valence-electron chi connectivity index (χ3n) is 3.62. The molecule has 0 aliphatic heterocycles. The van der Waals surface area contributed by atoms with Gasteiger partial charge >= 0.3 is 5.82 Å². The van der Waals surface area contributed by atoms with Gasteiger partial charge in [-0.05, 0) is 17.1 Å². The zero-order valence-electron chi connectivity index (χ0n) is 12.8. The zero-order chi connectivity index (χ0) is 16.4. The van der Waals surface area contributed by atoms with Crippen LogP contribution in [0.5, 0.6) is 5.75 Å². The molecule has 0 saturated carbocycles. The largest absolute Gasteiger partial charge is 0.496 e. The number of nitro groups is 1. The molecule has 7 nitrogen and oxygen atoms in total. The number of pyridine rings is 1. The molecule has 3 rings (SSSR count). The molecule has 0 unspecified atom stereocenters. The van der Waals surface area contributed by atoms with Crippen molar-refractivity contribution in [3.8, 4) is 5.75 Å². The van der Waals surface area contributed by atoms with Crippen molar-refractivity contribution in [3.63, 3.8) is 0 Å². The van der Waals surface area contributed by atoms with E-state index in [4.69, 9.17) is 4.74 Å². The van der Waals surface area contributed by atoms with Gasteiger partial charge in [-0.3, -0.25) is 0 Å².